The van der Waals surface area contributed by atoms with Crippen molar-refractivity contribution < 1.29 is 4.74 Å². The van der Waals surface area contributed by atoms with Gasteiger partial charge in [-0.25, -0.2) is 0 Å². The number of hydrogen-bond donors (Lipinski definition) is 0. The standard InChI is InChI=1S/C12H10BrN3O/c1-16-12(11(13)10(7-14)15-16)8-4-3-5-9(6-8)17-2/h3-6H,1-2H3. The maximum Gasteiger partial charge on any atom is 0.177 e. The van der Waals surface area contributed by atoms with Crippen LogP contribution in [0.25, 0.3) is 11.3 Å². The smallest absolute Gasteiger partial charge is 0.177 e. The van der Waals surface area contributed by atoms with Gasteiger partial charge < -0.3 is 4.74 Å². The highest BCUT2D eigenvalue weighted by Gasteiger charge is 2.15. The number of benzene rings is 1. The fraction of sp³-hybridized carbons (Fsp3) is 0.167. The van der Waals surface area contributed by atoms with Gasteiger partial charge in [-0.15, -0.1) is 0 Å². The van der Waals surface area contributed by atoms with Gasteiger partial charge in [0.1, 0.15) is 11.8 Å². The number of methoxy groups -OCH3 is 1. The third kappa shape index (κ3) is 2.04. The zero-order valence-corrected chi connectivity index (χ0v) is 11.0. The van der Waals surface area contributed by atoms with E-state index in [4.69, 9.17) is 10.00 Å². The molecule has 0 spiro atoms. The molecule has 0 saturated heterocycles. The molecule has 1 aromatic carbocycles. The lowest BCUT2D eigenvalue weighted by Crippen LogP contribution is -1.94. The van der Waals surface area contributed by atoms with E-state index in [1.165, 1.54) is 0 Å². The summed E-state index contributed by atoms with van der Waals surface area (Å²) in [5.74, 6) is 0.772. The fourth-order valence-corrected chi connectivity index (χ4v) is 2.31. The highest BCUT2D eigenvalue weighted by Crippen LogP contribution is 2.31. The van der Waals surface area contributed by atoms with E-state index in [1.807, 2.05) is 30.3 Å². The second-order valence-electron chi connectivity index (χ2n) is 3.48. The average molecular weight is 292 g/mol. The van der Waals surface area contributed by atoms with Gasteiger partial charge >= 0.3 is 0 Å². The normalized spacial score (nSPS) is 10.0. The van der Waals surface area contributed by atoms with Gasteiger partial charge in [-0.1, -0.05) is 12.1 Å². The van der Waals surface area contributed by atoms with Crippen molar-refractivity contribution in [1.82, 2.24) is 9.78 Å². The van der Waals surface area contributed by atoms with Crippen LogP contribution in [-0.4, -0.2) is 16.9 Å². The summed E-state index contributed by atoms with van der Waals surface area (Å²) in [4.78, 5) is 0. The van der Waals surface area contributed by atoms with Gasteiger partial charge in [0.15, 0.2) is 5.69 Å². The number of aromatic nitrogens is 2. The van der Waals surface area contributed by atoms with Crippen molar-refractivity contribution in [2.75, 3.05) is 7.11 Å². The third-order valence-corrected chi connectivity index (χ3v) is 3.19. The van der Waals surface area contributed by atoms with E-state index >= 15 is 0 Å². The first-order valence-corrected chi connectivity index (χ1v) is 5.73. The Hall–Kier alpha value is -1.80. The lowest BCUT2D eigenvalue weighted by atomic mass is 10.1. The molecule has 0 N–H and O–H groups in total. The van der Waals surface area contributed by atoms with Crippen molar-refractivity contribution in [3.63, 3.8) is 0 Å². The van der Waals surface area contributed by atoms with Crippen molar-refractivity contribution in [2.45, 2.75) is 0 Å². The molecule has 2 aromatic rings. The number of nitrogens with zero attached hydrogens (tertiary/aromatic N) is 3. The first-order chi connectivity index (χ1) is 8.17. The monoisotopic (exact) mass is 291 g/mol. The molecule has 1 heterocycles. The van der Waals surface area contributed by atoms with Crippen LogP contribution in [0.4, 0.5) is 0 Å². The summed E-state index contributed by atoms with van der Waals surface area (Å²) in [7, 11) is 3.43. The summed E-state index contributed by atoms with van der Waals surface area (Å²) >= 11 is 3.40. The summed E-state index contributed by atoms with van der Waals surface area (Å²) in [6.07, 6.45) is 0. The Labute approximate surface area is 108 Å². The number of rotatable bonds is 2. The lowest BCUT2D eigenvalue weighted by Gasteiger charge is -2.05. The molecule has 0 saturated carbocycles. The Balaban J connectivity index is 2.60. The van der Waals surface area contributed by atoms with Crippen LogP contribution in [0.5, 0.6) is 5.75 Å². The Morgan fingerprint density at radius 1 is 1.47 bits per heavy atom. The van der Waals surface area contributed by atoms with Gasteiger partial charge in [-0.3, -0.25) is 4.68 Å². The van der Waals surface area contributed by atoms with Crippen molar-refractivity contribution >= 4 is 15.9 Å². The Bertz CT molecular complexity index is 598. The Morgan fingerprint density at radius 2 is 2.24 bits per heavy atom. The van der Waals surface area contributed by atoms with Gasteiger partial charge in [-0.2, -0.15) is 10.4 Å². The van der Waals surface area contributed by atoms with Crippen molar-refractivity contribution in [3.05, 3.63) is 34.4 Å². The maximum atomic E-state index is 8.92. The predicted octanol–water partition coefficient (Wildman–Crippen LogP) is 2.73. The lowest BCUT2D eigenvalue weighted by molar-refractivity contribution is 0.415. The Morgan fingerprint density at radius 3 is 2.82 bits per heavy atom. The molecule has 0 aliphatic carbocycles. The van der Waals surface area contributed by atoms with Gasteiger partial charge in [0.25, 0.3) is 0 Å². The molecule has 86 valence electrons. The van der Waals surface area contributed by atoms with E-state index in [-0.39, 0.29) is 0 Å². The molecule has 2 rings (SSSR count). The molecule has 0 bridgehead atoms. The zero-order chi connectivity index (χ0) is 12.4. The average Bonchev–Trinajstić information content (AvgIpc) is 2.64. The van der Waals surface area contributed by atoms with Crippen LogP contribution in [0.2, 0.25) is 0 Å². The quantitative estimate of drug-likeness (QED) is 0.855. The highest BCUT2D eigenvalue weighted by molar-refractivity contribution is 9.10. The second kappa shape index (κ2) is 4.60. The summed E-state index contributed by atoms with van der Waals surface area (Å²) in [6, 6.07) is 9.68. The maximum absolute atomic E-state index is 8.92. The Kier molecular flexibility index (Phi) is 3.16. The minimum absolute atomic E-state index is 0.380. The first-order valence-electron chi connectivity index (χ1n) is 4.94. The molecule has 0 aliphatic heterocycles. The fourth-order valence-electron chi connectivity index (χ4n) is 1.65. The summed E-state index contributed by atoms with van der Waals surface area (Å²) in [6.45, 7) is 0. The minimum atomic E-state index is 0.380. The predicted molar refractivity (Wildman–Crippen MR) is 67.6 cm³/mol. The van der Waals surface area contributed by atoms with Crippen LogP contribution in [0, 0.1) is 11.3 Å². The largest absolute Gasteiger partial charge is 0.497 e. The molecular formula is C12H10BrN3O. The van der Waals surface area contributed by atoms with Crippen LogP contribution in [0.1, 0.15) is 5.69 Å². The molecule has 0 fully saturated rings. The molecule has 1 aromatic heterocycles. The SMILES string of the molecule is COc1cccc(-c2c(Br)c(C#N)nn2C)c1. The molecular weight excluding hydrogens is 282 g/mol. The van der Waals surface area contributed by atoms with Gasteiger partial charge in [0.05, 0.1) is 17.3 Å². The van der Waals surface area contributed by atoms with E-state index in [0.29, 0.717) is 10.2 Å². The van der Waals surface area contributed by atoms with E-state index in [2.05, 4.69) is 21.0 Å². The summed E-state index contributed by atoms with van der Waals surface area (Å²) in [5.41, 5.74) is 2.19. The number of nitriles is 1. The molecule has 0 radical (unpaired) electrons. The highest BCUT2D eigenvalue weighted by atomic mass is 79.9. The van der Waals surface area contributed by atoms with Gasteiger partial charge in [-0.05, 0) is 28.1 Å². The third-order valence-electron chi connectivity index (χ3n) is 2.44. The zero-order valence-electron chi connectivity index (χ0n) is 9.44. The van der Waals surface area contributed by atoms with Gasteiger partial charge in [0.2, 0.25) is 0 Å². The van der Waals surface area contributed by atoms with Crippen LogP contribution in [0.3, 0.4) is 0 Å². The van der Waals surface area contributed by atoms with Gasteiger partial charge in [0, 0.05) is 12.6 Å². The summed E-state index contributed by atoms with van der Waals surface area (Å²) < 4.78 is 7.56. The summed E-state index contributed by atoms with van der Waals surface area (Å²) in [5, 5.41) is 13.1. The molecule has 0 atom stereocenters. The molecule has 4 nitrogen and oxygen atoms in total. The number of ether oxygens (including phenoxy) is 1. The van der Waals surface area contributed by atoms with Crippen LogP contribution in [-0.2, 0) is 7.05 Å². The van der Waals surface area contributed by atoms with Crippen molar-refractivity contribution in [2.24, 2.45) is 7.05 Å². The molecule has 5 heteroatoms. The molecule has 0 aliphatic rings. The first kappa shape index (κ1) is 11.7. The van der Waals surface area contributed by atoms with E-state index in [0.717, 1.165) is 17.0 Å². The minimum Gasteiger partial charge on any atom is -0.497 e. The van der Waals surface area contributed by atoms with Crippen molar-refractivity contribution in [3.8, 4) is 23.1 Å². The van der Waals surface area contributed by atoms with Crippen LogP contribution in [0.15, 0.2) is 28.7 Å². The topological polar surface area (TPSA) is 50.8 Å². The van der Waals surface area contributed by atoms with Crippen molar-refractivity contribution in [1.29, 1.82) is 5.26 Å². The second-order valence-corrected chi connectivity index (χ2v) is 4.27. The van der Waals surface area contributed by atoms with E-state index in [1.54, 1.807) is 18.8 Å². The van der Waals surface area contributed by atoms with E-state index in [9.17, 15) is 0 Å². The number of halogens is 1. The van der Waals surface area contributed by atoms with Crippen LogP contribution >= 0.6 is 15.9 Å². The number of aryl methyl sites for hydroxylation is 1. The number of hydrogen-bond acceptors (Lipinski definition) is 3. The molecule has 0 amide bonds. The van der Waals surface area contributed by atoms with Crippen LogP contribution < -0.4 is 4.74 Å². The molecule has 17 heavy (non-hydrogen) atoms. The molecule has 0 unspecified atom stereocenters. The van der Waals surface area contributed by atoms with E-state index < -0.39 is 0 Å².